The molecule has 1 saturated heterocycles. The molecule has 1 aromatic rings. The number of rotatable bonds is 4. The fourth-order valence-corrected chi connectivity index (χ4v) is 2.53. The van der Waals surface area contributed by atoms with E-state index in [1.807, 2.05) is 19.2 Å². The van der Waals surface area contributed by atoms with E-state index >= 15 is 0 Å². The monoisotopic (exact) mass is 262 g/mol. The number of nitrogen functional groups attached to an aromatic ring is 1. The molecule has 2 N–H and O–H groups in total. The third-order valence-electron chi connectivity index (χ3n) is 3.64. The molecule has 104 valence electrons. The van der Waals surface area contributed by atoms with Crippen LogP contribution in [0.2, 0.25) is 0 Å². The summed E-state index contributed by atoms with van der Waals surface area (Å²) in [5.41, 5.74) is 8.00. The van der Waals surface area contributed by atoms with Gasteiger partial charge in [0.1, 0.15) is 0 Å². The molecule has 0 amide bonds. The van der Waals surface area contributed by atoms with Crippen molar-refractivity contribution in [1.82, 2.24) is 0 Å². The predicted octanol–water partition coefficient (Wildman–Crippen LogP) is 2.33. The Balaban J connectivity index is 2.07. The van der Waals surface area contributed by atoms with Gasteiger partial charge in [-0.15, -0.1) is 0 Å². The van der Waals surface area contributed by atoms with Crippen molar-refractivity contribution in [2.45, 2.75) is 19.8 Å². The third kappa shape index (κ3) is 3.47. The minimum Gasteiger partial charge on any atom is -0.398 e. The van der Waals surface area contributed by atoms with Crippen LogP contribution in [0.4, 0.5) is 11.4 Å². The zero-order valence-corrected chi connectivity index (χ0v) is 11.7. The second-order valence-electron chi connectivity index (χ2n) is 5.29. The van der Waals surface area contributed by atoms with Gasteiger partial charge in [0, 0.05) is 37.1 Å². The Hall–Kier alpha value is -1.55. The number of Topliss-reactive ketones (excluding diaryl/α,β-unsaturated/α-hetero) is 1. The average molecular weight is 262 g/mol. The summed E-state index contributed by atoms with van der Waals surface area (Å²) >= 11 is 0. The predicted molar refractivity (Wildman–Crippen MR) is 77.7 cm³/mol. The molecule has 1 unspecified atom stereocenters. The van der Waals surface area contributed by atoms with Crippen molar-refractivity contribution >= 4 is 17.2 Å². The number of benzene rings is 1. The standard InChI is InChI=1S/C15H22N2O2/c1-11(18)14-8-13(5-6-15(14)16)17(2)9-12-4-3-7-19-10-12/h5-6,8,12H,3-4,7,9-10,16H2,1-2H3. The molecule has 2 rings (SSSR count). The van der Waals surface area contributed by atoms with Gasteiger partial charge in [-0.05, 0) is 43.9 Å². The fraction of sp³-hybridized carbons (Fsp3) is 0.533. The molecule has 1 heterocycles. The maximum Gasteiger partial charge on any atom is 0.161 e. The van der Waals surface area contributed by atoms with Crippen molar-refractivity contribution in [2.75, 3.05) is 37.4 Å². The van der Waals surface area contributed by atoms with Gasteiger partial charge >= 0.3 is 0 Å². The van der Waals surface area contributed by atoms with Gasteiger partial charge in [-0.1, -0.05) is 0 Å². The summed E-state index contributed by atoms with van der Waals surface area (Å²) in [5, 5.41) is 0. The molecule has 0 aromatic heterocycles. The first-order valence-electron chi connectivity index (χ1n) is 6.77. The van der Waals surface area contributed by atoms with Gasteiger partial charge in [-0.3, -0.25) is 4.79 Å². The Morgan fingerprint density at radius 3 is 2.95 bits per heavy atom. The lowest BCUT2D eigenvalue weighted by atomic mass is 10.0. The van der Waals surface area contributed by atoms with Crippen molar-refractivity contribution in [3.63, 3.8) is 0 Å². The summed E-state index contributed by atoms with van der Waals surface area (Å²) in [6.45, 7) is 4.21. The van der Waals surface area contributed by atoms with E-state index in [1.54, 1.807) is 13.0 Å². The van der Waals surface area contributed by atoms with Crippen LogP contribution in [-0.2, 0) is 4.74 Å². The minimum atomic E-state index is 0.00810. The highest BCUT2D eigenvalue weighted by atomic mass is 16.5. The quantitative estimate of drug-likeness (QED) is 0.668. The number of carbonyl (C=O) groups excluding carboxylic acids is 1. The highest BCUT2D eigenvalue weighted by Crippen LogP contribution is 2.23. The van der Waals surface area contributed by atoms with Crippen LogP contribution in [0.25, 0.3) is 0 Å². The molecular weight excluding hydrogens is 240 g/mol. The largest absolute Gasteiger partial charge is 0.398 e. The van der Waals surface area contributed by atoms with Gasteiger partial charge in [-0.2, -0.15) is 0 Å². The van der Waals surface area contributed by atoms with Crippen molar-refractivity contribution in [2.24, 2.45) is 5.92 Å². The van der Waals surface area contributed by atoms with Gasteiger partial charge in [0.2, 0.25) is 0 Å². The summed E-state index contributed by atoms with van der Waals surface area (Å²) in [7, 11) is 2.05. The van der Waals surface area contributed by atoms with Crippen LogP contribution in [0.15, 0.2) is 18.2 Å². The number of nitrogens with zero attached hydrogens (tertiary/aromatic N) is 1. The van der Waals surface area contributed by atoms with Crippen molar-refractivity contribution in [1.29, 1.82) is 0 Å². The van der Waals surface area contributed by atoms with E-state index < -0.39 is 0 Å². The highest BCUT2D eigenvalue weighted by Gasteiger charge is 2.17. The van der Waals surface area contributed by atoms with E-state index in [2.05, 4.69) is 4.90 Å². The molecule has 19 heavy (non-hydrogen) atoms. The lowest BCUT2D eigenvalue weighted by molar-refractivity contribution is 0.0576. The molecule has 0 radical (unpaired) electrons. The van der Waals surface area contributed by atoms with Gasteiger partial charge in [0.25, 0.3) is 0 Å². The first-order valence-corrected chi connectivity index (χ1v) is 6.77. The zero-order chi connectivity index (χ0) is 13.8. The number of nitrogens with two attached hydrogens (primary N) is 1. The number of hydrogen-bond donors (Lipinski definition) is 1. The summed E-state index contributed by atoms with van der Waals surface area (Å²) in [6, 6.07) is 5.65. The molecule has 1 aliphatic heterocycles. The van der Waals surface area contributed by atoms with Gasteiger partial charge in [0.05, 0.1) is 6.61 Å². The number of hydrogen-bond acceptors (Lipinski definition) is 4. The molecule has 1 fully saturated rings. The molecule has 0 spiro atoms. The van der Waals surface area contributed by atoms with Crippen LogP contribution < -0.4 is 10.6 Å². The lowest BCUT2D eigenvalue weighted by Gasteiger charge is -2.28. The topological polar surface area (TPSA) is 55.6 Å². The maximum absolute atomic E-state index is 11.5. The van der Waals surface area contributed by atoms with Gasteiger partial charge in [0.15, 0.2) is 5.78 Å². The van der Waals surface area contributed by atoms with E-state index in [9.17, 15) is 4.79 Å². The summed E-state index contributed by atoms with van der Waals surface area (Å²) in [6.07, 6.45) is 2.35. The van der Waals surface area contributed by atoms with Crippen LogP contribution in [0, 0.1) is 5.92 Å². The molecule has 0 bridgehead atoms. The number of carbonyl (C=O) groups is 1. The molecule has 0 aliphatic carbocycles. The molecule has 1 aromatic carbocycles. The average Bonchev–Trinajstić information content (AvgIpc) is 2.40. The number of ether oxygens (including phenoxy) is 1. The Morgan fingerprint density at radius 2 is 2.32 bits per heavy atom. The van der Waals surface area contributed by atoms with Crippen LogP contribution >= 0.6 is 0 Å². The van der Waals surface area contributed by atoms with E-state index in [-0.39, 0.29) is 5.78 Å². The van der Waals surface area contributed by atoms with Gasteiger partial charge < -0.3 is 15.4 Å². The molecular formula is C15H22N2O2. The highest BCUT2D eigenvalue weighted by molar-refractivity contribution is 6.00. The van der Waals surface area contributed by atoms with E-state index in [1.165, 1.54) is 6.42 Å². The molecule has 1 atom stereocenters. The van der Waals surface area contributed by atoms with Crippen molar-refractivity contribution in [3.8, 4) is 0 Å². The van der Waals surface area contributed by atoms with E-state index in [0.29, 0.717) is 17.2 Å². The van der Waals surface area contributed by atoms with Crippen molar-refractivity contribution < 1.29 is 9.53 Å². The SMILES string of the molecule is CC(=O)c1cc(N(C)CC2CCCOC2)ccc1N. The molecule has 1 aliphatic rings. The molecule has 0 saturated carbocycles. The normalized spacial score (nSPS) is 19.2. The number of anilines is 2. The second kappa shape index (κ2) is 6.06. The first kappa shape index (κ1) is 13.9. The smallest absolute Gasteiger partial charge is 0.161 e. The van der Waals surface area contributed by atoms with Crippen molar-refractivity contribution in [3.05, 3.63) is 23.8 Å². The van der Waals surface area contributed by atoms with Gasteiger partial charge in [-0.25, -0.2) is 0 Å². The van der Waals surface area contributed by atoms with E-state index in [4.69, 9.17) is 10.5 Å². The zero-order valence-electron chi connectivity index (χ0n) is 11.7. The Labute approximate surface area is 114 Å². The summed E-state index contributed by atoms with van der Waals surface area (Å²) in [4.78, 5) is 13.7. The maximum atomic E-state index is 11.5. The third-order valence-corrected chi connectivity index (χ3v) is 3.64. The summed E-state index contributed by atoms with van der Waals surface area (Å²) < 4.78 is 5.50. The molecule has 4 nitrogen and oxygen atoms in total. The van der Waals surface area contributed by atoms with Crippen LogP contribution in [0.3, 0.4) is 0 Å². The Bertz CT molecular complexity index is 453. The Kier molecular flexibility index (Phi) is 4.43. The van der Waals surface area contributed by atoms with Crippen LogP contribution in [0.1, 0.15) is 30.1 Å². The summed E-state index contributed by atoms with van der Waals surface area (Å²) in [5.74, 6) is 0.575. The number of ketones is 1. The van der Waals surface area contributed by atoms with Crippen LogP contribution in [0.5, 0.6) is 0 Å². The second-order valence-corrected chi connectivity index (χ2v) is 5.29. The first-order chi connectivity index (χ1) is 9.08. The lowest BCUT2D eigenvalue weighted by Crippen LogP contribution is -2.30. The minimum absolute atomic E-state index is 0.00810. The van der Waals surface area contributed by atoms with E-state index in [0.717, 1.165) is 31.9 Å². The molecule has 4 heteroatoms. The van der Waals surface area contributed by atoms with Crippen LogP contribution in [-0.4, -0.2) is 32.6 Å². The Morgan fingerprint density at radius 1 is 1.53 bits per heavy atom. The fourth-order valence-electron chi connectivity index (χ4n) is 2.53.